The fourth-order valence-electron chi connectivity index (χ4n) is 2.91. The van der Waals surface area contributed by atoms with Crippen LogP contribution in [0.1, 0.15) is 25.7 Å². The standard InChI is InChI=1S/C10H12Br2O4/c11-5-4-10(8(15)16)2-1-9(5,7(13)14)3-6(10)12/h5-6H,1-4H2,(H,13,14)(H,15,16). The lowest BCUT2D eigenvalue weighted by atomic mass is 9.53. The van der Waals surface area contributed by atoms with Crippen LogP contribution in [0.15, 0.2) is 0 Å². The molecule has 3 fully saturated rings. The Hall–Kier alpha value is -0.100. The molecule has 0 saturated heterocycles. The van der Waals surface area contributed by atoms with Crippen LogP contribution in [0, 0.1) is 10.8 Å². The smallest absolute Gasteiger partial charge is 0.310 e. The van der Waals surface area contributed by atoms with Crippen molar-refractivity contribution in [3.63, 3.8) is 0 Å². The van der Waals surface area contributed by atoms with E-state index in [0.29, 0.717) is 25.7 Å². The first-order valence-electron chi connectivity index (χ1n) is 5.10. The Morgan fingerprint density at radius 2 is 1.25 bits per heavy atom. The third-order valence-corrected chi connectivity index (χ3v) is 6.56. The van der Waals surface area contributed by atoms with Gasteiger partial charge in [-0.1, -0.05) is 31.9 Å². The maximum absolute atomic E-state index is 11.4. The van der Waals surface area contributed by atoms with Crippen LogP contribution in [-0.2, 0) is 9.59 Å². The predicted molar refractivity (Wildman–Crippen MR) is 64.0 cm³/mol. The molecule has 16 heavy (non-hydrogen) atoms. The molecule has 4 unspecified atom stereocenters. The molecule has 2 N–H and O–H groups in total. The number of carboxylic acids is 2. The summed E-state index contributed by atoms with van der Waals surface area (Å²) in [5.74, 6) is -1.64. The molecule has 3 aliphatic carbocycles. The molecule has 0 amide bonds. The van der Waals surface area contributed by atoms with Crippen LogP contribution >= 0.6 is 31.9 Å². The van der Waals surface area contributed by atoms with Crippen molar-refractivity contribution >= 4 is 43.8 Å². The summed E-state index contributed by atoms with van der Waals surface area (Å²) in [6.07, 6.45) is 1.63. The topological polar surface area (TPSA) is 74.6 Å². The molecule has 4 nitrogen and oxygen atoms in total. The van der Waals surface area contributed by atoms with Crippen LogP contribution in [0.25, 0.3) is 0 Å². The van der Waals surface area contributed by atoms with Gasteiger partial charge in [0.15, 0.2) is 0 Å². The van der Waals surface area contributed by atoms with Crippen molar-refractivity contribution in [2.24, 2.45) is 10.8 Å². The van der Waals surface area contributed by atoms with Crippen molar-refractivity contribution in [2.75, 3.05) is 0 Å². The molecule has 0 aromatic rings. The van der Waals surface area contributed by atoms with E-state index in [4.69, 9.17) is 0 Å². The first-order chi connectivity index (χ1) is 7.35. The van der Waals surface area contributed by atoms with E-state index in [-0.39, 0.29) is 9.65 Å². The third kappa shape index (κ3) is 1.38. The first-order valence-corrected chi connectivity index (χ1v) is 6.93. The van der Waals surface area contributed by atoms with Crippen LogP contribution in [0.4, 0.5) is 0 Å². The zero-order chi connectivity index (χ0) is 12.1. The SMILES string of the molecule is O=C(O)C12CCC(C(=O)O)(CC1Br)C(Br)C2. The average Bonchev–Trinajstić information content (AvgIpc) is 2.19. The van der Waals surface area contributed by atoms with Crippen LogP contribution < -0.4 is 0 Å². The highest BCUT2D eigenvalue weighted by Crippen LogP contribution is 2.61. The van der Waals surface area contributed by atoms with E-state index >= 15 is 0 Å². The fraction of sp³-hybridized carbons (Fsp3) is 0.800. The molecule has 3 rings (SSSR count). The number of fused-ring (bicyclic) bond motifs is 3. The fourth-order valence-corrected chi connectivity index (χ4v) is 5.28. The number of carbonyl (C=O) groups is 2. The van der Waals surface area contributed by atoms with Crippen LogP contribution in [-0.4, -0.2) is 31.8 Å². The minimum Gasteiger partial charge on any atom is -0.481 e. The van der Waals surface area contributed by atoms with Crippen LogP contribution in [0.3, 0.4) is 0 Å². The number of alkyl halides is 2. The molecule has 0 spiro atoms. The summed E-state index contributed by atoms with van der Waals surface area (Å²) >= 11 is 6.74. The molecule has 3 saturated carbocycles. The summed E-state index contributed by atoms with van der Waals surface area (Å²) in [6.45, 7) is 0. The lowest BCUT2D eigenvalue weighted by Gasteiger charge is -2.54. The molecular weight excluding hydrogens is 344 g/mol. The molecular formula is C10H12Br2O4. The van der Waals surface area contributed by atoms with Crippen LogP contribution in [0.5, 0.6) is 0 Å². The van der Waals surface area contributed by atoms with Gasteiger partial charge in [-0.15, -0.1) is 0 Å². The number of hydrogen-bond donors (Lipinski definition) is 2. The van der Waals surface area contributed by atoms with Gasteiger partial charge in [-0.05, 0) is 25.7 Å². The second kappa shape index (κ2) is 3.70. The van der Waals surface area contributed by atoms with Gasteiger partial charge in [-0.3, -0.25) is 9.59 Å². The van der Waals surface area contributed by atoms with Crippen molar-refractivity contribution < 1.29 is 19.8 Å². The van der Waals surface area contributed by atoms with Gasteiger partial charge in [0.2, 0.25) is 0 Å². The number of carboxylic acid groups (broad SMARTS) is 2. The molecule has 90 valence electrons. The maximum atomic E-state index is 11.4. The highest BCUT2D eigenvalue weighted by Gasteiger charge is 2.64. The zero-order valence-electron chi connectivity index (χ0n) is 8.45. The largest absolute Gasteiger partial charge is 0.481 e. The summed E-state index contributed by atoms with van der Waals surface area (Å²) in [5.41, 5.74) is -1.60. The second-order valence-electron chi connectivity index (χ2n) is 4.77. The van der Waals surface area contributed by atoms with Crippen molar-refractivity contribution in [3.05, 3.63) is 0 Å². The summed E-state index contributed by atoms with van der Waals surface area (Å²) in [4.78, 5) is 22.2. The van der Waals surface area contributed by atoms with Gasteiger partial charge in [0, 0.05) is 9.65 Å². The molecule has 0 aromatic heterocycles. The third-order valence-electron chi connectivity index (χ3n) is 4.16. The number of halogens is 2. The van der Waals surface area contributed by atoms with Crippen molar-refractivity contribution in [1.29, 1.82) is 0 Å². The molecule has 2 bridgehead atoms. The monoisotopic (exact) mass is 354 g/mol. The van der Waals surface area contributed by atoms with E-state index in [1.165, 1.54) is 0 Å². The van der Waals surface area contributed by atoms with E-state index in [1.807, 2.05) is 0 Å². The Labute approximate surface area is 110 Å². The van der Waals surface area contributed by atoms with E-state index in [9.17, 15) is 19.8 Å². The van der Waals surface area contributed by atoms with E-state index in [2.05, 4.69) is 31.9 Å². The highest BCUT2D eigenvalue weighted by atomic mass is 79.9. The minimum absolute atomic E-state index is 0.254. The average molecular weight is 356 g/mol. The normalized spacial score (nSPS) is 46.6. The Kier molecular flexibility index (Phi) is 2.86. The molecule has 0 heterocycles. The molecule has 4 atom stereocenters. The van der Waals surface area contributed by atoms with E-state index in [0.717, 1.165) is 0 Å². The Bertz CT molecular complexity index is 325. The van der Waals surface area contributed by atoms with Gasteiger partial charge in [0.1, 0.15) is 0 Å². The van der Waals surface area contributed by atoms with Gasteiger partial charge in [0.05, 0.1) is 10.8 Å². The van der Waals surface area contributed by atoms with E-state index in [1.54, 1.807) is 0 Å². The summed E-state index contributed by atoms with van der Waals surface area (Å²) in [5, 5.41) is 18.7. The number of rotatable bonds is 2. The van der Waals surface area contributed by atoms with Crippen molar-refractivity contribution in [1.82, 2.24) is 0 Å². The summed E-state index contributed by atoms with van der Waals surface area (Å²) < 4.78 is 0. The lowest BCUT2D eigenvalue weighted by molar-refractivity contribution is -0.168. The lowest BCUT2D eigenvalue weighted by Crippen LogP contribution is -2.60. The zero-order valence-corrected chi connectivity index (χ0v) is 11.6. The quantitative estimate of drug-likeness (QED) is 0.745. The Morgan fingerprint density at radius 3 is 1.44 bits per heavy atom. The first kappa shape index (κ1) is 12.4. The van der Waals surface area contributed by atoms with Gasteiger partial charge in [0.25, 0.3) is 0 Å². The predicted octanol–water partition coefficient (Wildman–Crippen LogP) is 2.24. The minimum atomic E-state index is -0.822. The highest BCUT2D eigenvalue weighted by molar-refractivity contribution is 9.10. The summed E-state index contributed by atoms with van der Waals surface area (Å²) in [6, 6.07) is 0. The molecule has 3 aliphatic rings. The van der Waals surface area contributed by atoms with Crippen LogP contribution in [0.2, 0.25) is 0 Å². The molecule has 6 heteroatoms. The number of aliphatic carboxylic acids is 2. The van der Waals surface area contributed by atoms with Gasteiger partial charge >= 0.3 is 11.9 Å². The molecule has 0 aromatic carbocycles. The maximum Gasteiger partial charge on any atom is 0.310 e. The van der Waals surface area contributed by atoms with Gasteiger partial charge in [-0.25, -0.2) is 0 Å². The van der Waals surface area contributed by atoms with Gasteiger partial charge in [-0.2, -0.15) is 0 Å². The Morgan fingerprint density at radius 1 is 0.938 bits per heavy atom. The second-order valence-corrected chi connectivity index (χ2v) is 6.98. The molecule has 0 radical (unpaired) electrons. The van der Waals surface area contributed by atoms with Gasteiger partial charge < -0.3 is 10.2 Å². The van der Waals surface area contributed by atoms with Crippen molar-refractivity contribution in [2.45, 2.75) is 35.3 Å². The molecule has 0 aliphatic heterocycles. The van der Waals surface area contributed by atoms with Crippen molar-refractivity contribution in [3.8, 4) is 0 Å². The Balaban J connectivity index is 2.39. The number of hydrogen-bond acceptors (Lipinski definition) is 2. The van der Waals surface area contributed by atoms with E-state index < -0.39 is 22.8 Å². The summed E-state index contributed by atoms with van der Waals surface area (Å²) in [7, 11) is 0.